The number of hydrogen-bond donors (Lipinski definition) is 1. The van der Waals surface area contributed by atoms with Crippen molar-refractivity contribution in [2.75, 3.05) is 0 Å². The molecule has 0 radical (unpaired) electrons. The number of ether oxygens (including phenoxy) is 1. The summed E-state index contributed by atoms with van der Waals surface area (Å²) in [4.78, 5) is 24.3. The van der Waals surface area contributed by atoms with E-state index in [1.165, 1.54) is 6.21 Å². The summed E-state index contributed by atoms with van der Waals surface area (Å²) in [6.07, 6.45) is 1.36. The van der Waals surface area contributed by atoms with Gasteiger partial charge in [0.25, 0.3) is 5.91 Å². The van der Waals surface area contributed by atoms with Crippen LogP contribution in [0.25, 0.3) is 0 Å². The number of halogens is 2. The fourth-order valence-electron chi connectivity index (χ4n) is 2.27. The molecule has 3 rings (SSSR count). The Kier molecular flexibility index (Phi) is 6.42. The maximum Gasteiger partial charge on any atom is 0.343 e. The Bertz CT molecular complexity index is 1020. The number of rotatable bonds is 5. The number of hydrogen-bond acceptors (Lipinski definition) is 4. The van der Waals surface area contributed by atoms with E-state index >= 15 is 0 Å². The third-order valence-corrected chi connectivity index (χ3v) is 4.15. The van der Waals surface area contributed by atoms with Gasteiger partial charge in [0.1, 0.15) is 5.75 Å². The first-order chi connectivity index (χ1) is 13.5. The molecule has 0 bridgehead atoms. The van der Waals surface area contributed by atoms with Crippen LogP contribution in [0.5, 0.6) is 5.75 Å². The lowest BCUT2D eigenvalue weighted by Gasteiger charge is -2.08. The van der Waals surface area contributed by atoms with Crippen molar-refractivity contribution >= 4 is 41.3 Å². The molecule has 0 unspecified atom stereocenters. The zero-order valence-electron chi connectivity index (χ0n) is 14.4. The second-order valence-corrected chi connectivity index (χ2v) is 6.52. The van der Waals surface area contributed by atoms with Crippen molar-refractivity contribution in [3.05, 3.63) is 99.5 Å². The van der Waals surface area contributed by atoms with E-state index in [2.05, 4.69) is 10.5 Å². The van der Waals surface area contributed by atoms with E-state index in [4.69, 9.17) is 27.9 Å². The predicted molar refractivity (Wildman–Crippen MR) is 109 cm³/mol. The van der Waals surface area contributed by atoms with Gasteiger partial charge in [0, 0.05) is 21.2 Å². The average Bonchev–Trinajstić information content (AvgIpc) is 2.71. The molecule has 1 amide bonds. The summed E-state index contributed by atoms with van der Waals surface area (Å²) in [6, 6.07) is 19.7. The fraction of sp³-hybridized carbons (Fsp3) is 0. The highest BCUT2D eigenvalue weighted by Gasteiger charge is 2.12. The van der Waals surface area contributed by atoms with Crippen molar-refractivity contribution in [2.45, 2.75) is 0 Å². The smallest absolute Gasteiger partial charge is 0.343 e. The Morgan fingerprint density at radius 3 is 2.25 bits per heavy atom. The summed E-state index contributed by atoms with van der Waals surface area (Å²) in [7, 11) is 0. The van der Waals surface area contributed by atoms with Crippen LogP contribution in [0.3, 0.4) is 0 Å². The molecule has 0 atom stereocenters. The van der Waals surface area contributed by atoms with Crippen molar-refractivity contribution in [1.29, 1.82) is 0 Å². The largest absolute Gasteiger partial charge is 0.422 e. The lowest BCUT2D eigenvalue weighted by atomic mass is 10.2. The number of esters is 1. The van der Waals surface area contributed by atoms with Crippen molar-refractivity contribution in [3.63, 3.8) is 0 Å². The lowest BCUT2D eigenvalue weighted by Crippen LogP contribution is -2.17. The van der Waals surface area contributed by atoms with Crippen molar-refractivity contribution in [3.8, 4) is 5.75 Å². The molecular weight excluding hydrogens is 399 g/mol. The Labute approximate surface area is 171 Å². The number of nitrogens with zero attached hydrogens (tertiary/aromatic N) is 1. The second-order valence-electron chi connectivity index (χ2n) is 5.64. The molecule has 28 heavy (non-hydrogen) atoms. The third-order valence-electron chi connectivity index (χ3n) is 3.66. The molecule has 140 valence electrons. The van der Waals surface area contributed by atoms with E-state index in [-0.39, 0.29) is 11.7 Å². The van der Waals surface area contributed by atoms with Gasteiger partial charge in [0.15, 0.2) is 0 Å². The minimum Gasteiger partial charge on any atom is -0.422 e. The van der Waals surface area contributed by atoms with Gasteiger partial charge in [-0.25, -0.2) is 10.2 Å². The summed E-state index contributed by atoms with van der Waals surface area (Å²) < 4.78 is 5.42. The number of hydrazone groups is 1. The molecule has 3 aromatic rings. The van der Waals surface area contributed by atoms with Gasteiger partial charge < -0.3 is 4.74 Å². The standard InChI is InChI=1S/C21H14Cl2N2O3/c22-17-8-6-15(7-9-17)21(27)28-19-11-10-18(23)12-16(19)13-24-25-20(26)14-4-2-1-3-5-14/h1-13H,(H,25,26)/b24-13+. The first-order valence-electron chi connectivity index (χ1n) is 8.19. The zero-order chi connectivity index (χ0) is 19.9. The molecule has 1 N–H and O–H groups in total. The minimum absolute atomic E-state index is 0.252. The molecule has 0 aliphatic carbocycles. The number of benzene rings is 3. The number of amides is 1. The van der Waals surface area contributed by atoms with Gasteiger partial charge in [-0.15, -0.1) is 0 Å². The third kappa shape index (κ3) is 5.19. The van der Waals surface area contributed by atoms with Gasteiger partial charge >= 0.3 is 5.97 Å². The molecule has 0 aliphatic heterocycles. The molecular formula is C21H14Cl2N2O3. The Morgan fingerprint density at radius 1 is 0.857 bits per heavy atom. The van der Waals surface area contributed by atoms with Crippen LogP contribution in [-0.4, -0.2) is 18.1 Å². The van der Waals surface area contributed by atoms with Gasteiger partial charge in [-0.1, -0.05) is 41.4 Å². The average molecular weight is 413 g/mol. The first-order valence-corrected chi connectivity index (χ1v) is 8.94. The molecule has 0 aromatic heterocycles. The van der Waals surface area contributed by atoms with Crippen molar-refractivity contribution < 1.29 is 14.3 Å². The molecule has 7 heteroatoms. The quantitative estimate of drug-likeness (QED) is 0.278. The van der Waals surface area contributed by atoms with E-state index in [1.54, 1.807) is 66.7 Å². The molecule has 0 spiro atoms. The Hall–Kier alpha value is -3.15. The maximum absolute atomic E-state index is 12.3. The predicted octanol–water partition coefficient (Wildman–Crippen LogP) is 4.98. The summed E-state index contributed by atoms with van der Waals surface area (Å²) in [5.74, 6) is -0.664. The van der Waals surface area contributed by atoms with Crippen molar-refractivity contribution in [2.24, 2.45) is 5.10 Å². The molecule has 0 saturated carbocycles. The summed E-state index contributed by atoms with van der Waals surface area (Å²) >= 11 is 11.8. The van der Waals surface area contributed by atoms with Gasteiger partial charge in [-0.2, -0.15) is 5.10 Å². The highest BCUT2D eigenvalue weighted by Crippen LogP contribution is 2.23. The molecule has 0 aliphatic rings. The SMILES string of the molecule is O=C(N/N=C/c1cc(Cl)ccc1OC(=O)c1ccc(Cl)cc1)c1ccccc1. The number of nitrogens with one attached hydrogen (secondary N) is 1. The van der Waals surface area contributed by atoms with Crippen molar-refractivity contribution in [1.82, 2.24) is 5.43 Å². The summed E-state index contributed by atoms with van der Waals surface area (Å²) in [5.41, 5.74) is 3.67. The highest BCUT2D eigenvalue weighted by molar-refractivity contribution is 6.31. The first kappa shape index (κ1) is 19.6. The van der Waals surface area contributed by atoms with Gasteiger partial charge in [-0.3, -0.25) is 4.79 Å². The minimum atomic E-state index is -0.554. The van der Waals surface area contributed by atoms with Crippen LogP contribution in [0.4, 0.5) is 0 Å². The van der Waals surface area contributed by atoms with E-state index < -0.39 is 5.97 Å². The summed E-state index contributed by atoms with van der Waals surface area (Å²) in [6.45, 7) is 0. The van der Waals surface area contributed by atoms with Crippen LogP contribution in [0.2, 0.25) is 10.0 Å². The lowest BCUT2D eigenvalue weighted by molar-refractivity contribution is 0.0734. The van der Waals surface area contributed by atoms with Gasteiger partial charge in [0.05, 0.1) is 11.8 Å². The Morgan fingerprint density at radius 2 is 1.54 bits per heavy atom. The van der Waals surface area contributed by atoms with E-state index in [9.17, 15) is 9.59 Å². The van der Waals surface area contributed by atoms with E-state index in [1.807, 2.05) is 6.07 Å². The van der Waals surface area contributed by atoms with Crippen LogP contribution in [0.15, 0.2) is 77.9 Å². The van der Waals surface area contributed by atoms with E-state index in [0.717, 1.165) is 0 Å². The van der Waals surface area contributed by atoms with Crippen LogP contribution < -0.4 is 10.2 Å². The highest BCUT2D eigenvalue weighted by atomic mass is 35.5. The number of carbonyl (C=O) groups excluding carboxylic acids is 2. The van der Waals surface area contributed by atoms with Crippen LogP contribution in [0.1, 0.15) is 26.3 Å². The van der Waals surface area contributed by atoms with Gasteiger partial charge in [0.2, 0.25) is 0 Å². The van der Waals surface area contributed by atoms with Crippen LogP contribution in [-0.2, 0) is 0 Å². The molecule has 0 saturated heterocycles. The van der Waals surface area contributed by atoms with E-state index in [0.29, 0.717) is 26.7 Å². The number of carbonyl (C=O) groups is 2. The fourth-order valence-corrected chi connectivity index (χ4v) is 2.58. The molecule has 5 nitrogen and oxygen atoms in total. The normalized spacial score (nSPS) is 10.6. The molecule has 0 heterocycles. The summed E-state index contributed by atoms with van der Waals surface area (Å²) in [5, 5.41) is 4.87. The monoisotopic (exact) mass is 412 g/mol. The van der Waals surface area contributed by atoms with Gasteiger partial charge in [-0.05, 0) is 54.6 Å². The topological polar surface area (TPSA) is 67.8 Å². The molecule has 0 fully saturated rings. The second kappa shape index (κ2) is 9.17. The zero-order valence-corrected chi connectivity index (χ0v) is 15.9. The maximum atomic E-state index is 12.3. The Balaban J connectivity index is 1.74. The van der Waals surface area contributed by atoms with Crippen LogP contribution >= 0.6 is 23.2 Å². The van der Waals surface area contributed by atoms with Crippen LogP contribution in [0, 0.1) is 0 Å². The molecule has 3 aromatic carbocycles.